The summed E-state index contributed by atoms with van der Waals surface area (Å²) in [4.78, 5) is 2.78. The van der Waals surface area contributed by atoms with Gasteiger partial charge in [0.2, 0.25) is 0 Å². The average molecular weight is 272 g/mol. The first-order valence-electron chi connectivity index (χ1n) is 8.31. The van der Waals surface area contributed by atoms with Crippen molar-refractivity contribution in [2.75, 3.05) is 25.0 Å². The first-order chi connectivity index (χ1) is 9.74. The second-order valence-electron chi connectivity index (χ2n) is 6.95. The summed E-state index contributed by atoms with van der Waals surface area (Å²) >= 11 is 0. The molecule has 2 nitrogen and oxygen atoms in total. The molecule has 1 aliphatic heterocycles. The molecule has 2 heteroatoms. The van der Waals surface area contributed by atoms with Gasteiger partial charge in [-0.2, -0.15) is 0 Å². The molecule has 0 saturated heterocycles. The summed E-state index contributed by atoms with van der Waals surface area (Å²) in [6, 6.07) is 9.68. The van der Waals surface area contributed by atoms with Crippen LogP contribution < -0.4 is 5.32 Å². The number of nitrogens with one attached hydrogen (secondary N) is 1. The van der Waals surface area contributed by atoms with Gasteiger partial charge in [0.25, 0.3) is 0 Å². The minimum Gasteiger partial charge on any atom is -0.384 e. The first kappa shape index (κ1) is 13.9. The Balaban J connectivity index is 1.70. The second kappa shape index (κ2) is 6.17. The third-order valence-electron chi connectivity index (χ3n) is 4.84. The molecule has 0 aromatic heterocycles. The molecule has 1 aliphatic carbocycles. The van der Waals surface area contributed by atoms with Crippen LogP contribution in [-0.4, -0.2) is 30.6 Å². The Morgan fingerprint density at radius 2 is 1.95 bits per heavy atom. The van der Waals surface area contributed by atoms with Gasteiger partial charge in [0.05, 0.1) is 0 Å². The lowest BCUT2D eigenvalue weighted by Crippen LogP contribution is -2.39. The Labute approximate surface area is 123 Å². The first-order valence-corrected chi connectivity index (χ1v) is 8.31. The fraction of sp³-hybridized carbons (Fsp3) is 0.667. The number of hydrogen-bond acceptors (Lipinski definition) is 2. The Bertz CT molecular complexity index is 435. The van der Waals surface area contributed by atoms with Crippen LogP contribution in [0.5, 0.6) is 0 Å². The molecule has 1 N–H and O–H groups in total. The second-order valence-corrected chi connectivity index (χ2v) is 6.95. The van der Waals surface area contributed by atoms with Crippen LogP contribution in [0.3, 0.4) is 0 Å². The smallest absolute Gasteiger partial charge is 0.0376 e. The summed E-state index contributed by atoms with van der Waals surface area (Å²) in [6.07, 6.45) is 5.68. The van der Waals surface area contributed by atoms with E-state index in [2.05, 4.69) is 48.3 Å². The van der Waals surface area contributed by atoms with Gasteiger partial charge in [-0.05, 0) is 30.4 Å². The molecule has 1 aromatic rings. The maximum atomic E-state index is 3.57. The molecule has 110 valence electrons. The van der Waals surface area contributed by atoms with Crippen LogP contribution >= 0.6 is 0 Å². The summed E-state index contributed by atoms with van der Waals surface area (Å²) < 4.78 is 0. The highest BCUT2D eigenvalue weighted by Crippen LogP contribution is 2.33. The summed E-state index contributed by atoms with van der Waals surface area (Å²) in [5, 5.41) is 3.57. The van der Waals surface area contributed by atoms with Crippen molar-refractivity contribution in [1.82, 2.24) is 4.90 Å². The van der Waals surface area contributed by atoms with Crippen molar-refractivity contribution in [2.45, 2.75) is 51.5 Å². The molecule has 0 bridgehead atoms. The van der Waals surface area contributed by atoms with E-state index in [4.69, 9.17) is 0 Å². The van der Waals surface area contributed by atoms with Gasteiger partial charge in [-0.3, -0.25) is 4.90 Å². The van der Waals surface area contributed by atoms with Crippen LogP contribution in [0, 0.1) is 5.92 Å². The van der Waals surface area contributed by atoms with Crippen LogP contribution in [0.1, 0.15) is 51.0 Å². The third-order valence-corrected chi connectivity index (χ3v) is 4.84. The van der Waals surface area contributed by atoms with E-state index in [1.165, 1.54) is 50.0 Å². The normalized spacial score (nSPS) is 22.5. The maximum Gasteiger partial charge on any atom is 0.0376 e. The van der Waals surface area contributed by atoms with E-state index in [-0.39, 0.29) is 0 Å². The van der Waals surface area contributed by atoms with Crippen molar-refractivity contribution < 1.29 is 0 Å². The standard InChI is InChI=1S/C18H28N2/c1-14(2)12-20(16-7-3-4-8-16)13-15-11-19-18-10-6-5-9-17(15)18/h5-6,9-10,14-16,19H,3-4,7-8,11-13H2,1-2H3. The SMILES string of the molecule is CC(C)CN(CC1CNc2ccccc21)C1CCCC1. The quantitative estimate of drug-likeness (QED) is 0.868. The van der Waals surface area contributed by atoms with E-state index in [1.807, 2.05) is 0 Å². The lowest BCUT2D eigenvalue weighted by molar-refractivity contribution is 0.169. The zero-order valence-corrected chi connectivity index (χ0v) is 12.9. The highest BCUT2D eigenvalue weighted by atomic mass is 15.2. The van der Waals surface area contributed by atoms with Gasteiger partial charge in [0.15, 0.2) is 0 Å². The monoisotopic (exact) mass is 272 g/mol. The van der Waals surface area contributed by atoms with E-state index in [0.29, 0.717) is 5.92 Å². The van der Waals surface area contributed by atoms with E-state index in [1.54, 1.807) is 0 Å². The van der Waals surface area contributed by atoms with Gasteiger partial charge in [-0.25, -0.2) is 0 Å². The number of nitrogens with zero attached hydrogens (tertiary/aromatic N) is 1. The fourth-order valence-corrected chi connectivity index (χ4v) is 3.91. The summed E-state index contributed by atoms with van der Waals surface area (Å²) in [5.41, 5.74) is 2.88. The Hall–Kier alpha value is -1.02. The van der Waals surface area contributed by atoms with Crippen LogP contribution in [-0.2, 0) is 0 Å². The van der Waals surface area contributed by atoms with Gasteiger partial charge in [0.1, 0.15) is 0 Å². The Morgan fingerprint density at radius 3 is 2.70 bits per heavy atom. The number of hydrogen-bond donors (Lipinski definition) is 1. The molecule has 0 amide bonds. The summed E-state index contributed by atoms with van der Waals surface area (Å²) in [5.74, 6) is 1.44. The van der Waals surface area contributed by atoms with E-state index >= 15 is 0 Å². The fourth-order valence-electron chi connectivity index (χ4n) is 3.91. The van der Waals surface area contributed by atoms with Gasteiger partial charge in [-0.1, -0.05) is 44.9 Å². The van der Waals surface area contributed by atoms with Gasteiger partial charge < -0.3 is 5.32 Å². The largest absolute Gasteiger partial charge is 0.384 e. The molecule has 1 aromatic carbocycles. The number of fused-ring (bicyclic) bond motifs is 1. The molecular weight excluding hydrogens is 244 g/mol. The number of rotatable bonds is 5. The molecule has 1 unspecified atom stereocenters. The van der Waals surface area contributed by atoms with Crippen LogP contribution in [0.4, 0.5) is 5.69 Å². The Morgan fingerprint density at radius 1 is 1.20 bits per heavy atom. The average Bonchev–Trinajstić information content (AvgIpc) is 3.07. The maximum absolute atomic E-state index is 3.57. The van der Waals surface area contributed by atoms with Gasteiger partial charge >= 0.3 is 0 Å². The molecular formula is C18H28N2. The molecule has 1 heterocycles. The van der Waals surface area contributed by atoms with Crippen molar-refractivity contribution in [3.05, 3.63) is 29.8 Å². The lowest BCUT2D eigenvalue weighted by Gasteiger charge is -2.32. The molecule has 0 spiro atoms. The molecule has 1 saturated carbocycles. The lowest BCUT2D eigenvalue weighted by atomic mass is 9.99. The van der Waals surface area contributed by atoms with Crippen molar-refractivity contribution in [2.24, 2.45) is 5.92 Å². The predicted molar refractivity (Wildman–Crippen MR) is 86.3 cm³/mol. The summed E-state index contributed by atoms with van der Waals surface area (Å²) in [6.45, 7) is 8.29. The highest BCUT2D eigenvalue weighted by Gasteiger charge is 2.29. The number of para-hydroxylation sites is 1. The molecule has 1 atom stereocenters. The molecule has 2 aliphatic rings. The van der Waals surface area contributed by atoms with E-state index in [9.17, 15) is 0 Å². The van der Waals surface area contributed by atoms with Crippen LogP contribution in [0.2, 0.25) is 0 Å². The third kappa shape index (κ3) is 3.01. The molecule has 20 heavy (non-hydrogen) atoms. The number of benzene rings is 1. The zero-order valence-electron chi connectivity index (χ0n) is 12.9. The van der Waals surface area contributed by atoms with Crippen molar-refractivity contribution in [3.8, 4) is 0 Å². The van der Waals surface area contributed by atoms with Crippen molar-refractivity contribution in [1.29, 1.82) is 0 Å². The van der Waals surface area contributed by atoms with Gasteiger partial charge in [0, 0.05) is 37.3 Å². The molecule has 0 radical (unpaired) electrons. The molecule has 1 fully saturated rings. The minimum atomic E-state index is 0.672. The Kier molecular flexibility index (Phi) is 4.30. The van der Waals surface area contributed by atoms with E-state index < -0.39 is 0 Å². The van der Waals surface area contributed by atoms with Gasteiger partial charge in [-0.15, -0.1) is 0 Å². The predicted octanol–water partition coefficient (Wildman–Crippen LogP) is 4.10. The van der Waals surface area contributed by atoms with Crippen LogP contribution in [0.25, 0.3) is 0 Å². The van der Waals surface area contributed by atoms with Crippen molar-refractivity contribution >= 4 is 5.69 Å². The summed E-state index contributed by atoms with van der Waals surface area (Å²) in [7, 11) is 0. The number of anilines is 1. The highest BCUT2D eigenvalue weighted by molar-refractivity contribution is 5.57. The minimum absolute atomic E-state index is 0.672. The van der Waals surface area contributed by atoms with Crippen LogP contribution in [0.15, 0.2) is 24.3 Å². The topological polar surface area (TPSA) is 15.3 Å². The molecule has 3 rings (SSSR count). The van der Waals surface area contributed by atoms with Crippen molar-refractivity contribution in [3.63, 3.8) is 0 Å². The zero-order chi connectivity index (χ0) is 13.9. The van der Waals surface area contributed by atoms with E-state index in [0.717, 1.165) is 18.5 Å².